The van der Waals surface area contributed by atoms with Crippen molar-refractivity contribution in [2.45, 2.75) is 13.3 Å². The van der Waals surface area contributed by atoms with E-state index in [4.69, 9.17) is 14.2 Å². The van der Waals surface area contributed by atoms with Gasteiger partial charge < -0.3 is 24.8 Å². The van der Waals surface area contributed by atoms with Crippen LogP contribution in [0.5, 0.6) is 17.2 Å². The summed E-state index contributed by atoms with van der Waals surface area (Å²) in [5, 5.41) is 8.92. The monoisotopic (exact) mass is 412 g/mol. The molecule has 3 rings (SSSR count). The van der Waals surface area contributed by atoms with E-state index in [0.29, 0.717) is 34.3 Å². The van der Waals surface area contributed by atoms with Gasteiger partial charge in [-0.25, -0.2) is 5.43 Å². The molecule has 1 aliphatic heterocycles. The molecule has 2 aromatic rings. The number of hydrogen-bond acceptors (Lipinski definition) is 7. The predicted octanol–water partition coefficient (Wildman–Crippen LogP) is 1.88. The van der Waals surface area contributed by atoms with Crippen molar-refractivity contribution >= 4 is 34.8 Å². The summed E-state index contributed by atoms with van der Waals surface area (Å²) in [5.74, 6) is -0.402. The van der Waals surface area contributed by atoms with Gasteiger partial charge in [-0.2, -0.15) is 5.10 Å². The third kappa shape index (κ3) is 5.47. The van der Waals surface area contributed by atoms with E-state index in [1.807, 2.05) is 0 Å². The van der Waals surface area contributed by atoms with Gasteiger partial charge in [-0.1, -0.05) is 0 Å². The lowest BCUT2D eigenvalue weighted by Crippen LogP contribution is -2.33. The topological polar surface area (TPSA) is 127 Å². The Balaban J connectivity index is 1.46. The highest BCUT2D eigenvalue weighted by atomic mass is 16.7. The fourth-order valence-electron chi connectivity index (χ4n) is 2.51. The van der Waals surface area contributed by atoms with Gasteiger partial charge in [0, 0.05) is 23.2 Å². The molecule has 156 valence electrons. The molecule has 0 saturated carbocycles. The van der Waals surface area contributed by atoms with Crippen LogP contribution < -0.4 is 30.3 Å². The maximum atomic E-state index is 12.1. The quantitative estimate of drug-likeness (QED) is 0.378. The summed E-state index contributed by atoms with van der Waals surface area (Å²) in [6.07, 6.45) is -0.0746. The molecule has 0 fully saturated rings. The Morgan fingerprint density at radius 1 is 0.967 bits per heavy atom. The van der Waals surface area contributed by atoms with Gasteiger partial charge in [0.15, 0.2) is 11.5 Å². The van der Waals surface area contributed by atoms with Crippen LogP contribution in [0.3, 0.4) is 0 Å². The van der Waals surface area contributed by atoms with E-state index >= 15 is 0 Å². The van der Waals surface area contributed by atoms with E-state index in [0.717, 1.165) is 0 Å². The number of methoxy groups -OCH3 is 1. The van der Waals surface area contributed by atoms with E-state index in [1.165, 1.54) is 7.11 Å². The molecule has 10 heteroatoms. The van der Waals surface area contributed by atoms with Crippen LogP contribution in [0.15, 0.2) is 47.6 Å². The summed E-state index contributed by atoms with van der Waals surface area (Å²) in [4.78, 5) is 35.9. The second-order valence-electron chi connectivity index (χ2n) is 6.26. The van der Waals surface area contributed by atoms with Crippen LogP contribution in [-0.4, -0.2) is 37.3 Å². The number of fused-ring (bicyclic) bond motifs is 1. The molecular weight excluding hydrogens is 392 g/mol. The average molecular weight is 412 g/mol. The fraction of sp³-hybridized carbons (Fsp3) is 0.200. The maximum Gasteiger partial charge on any atom is 0.329 e. The van der Waals surface area contributed by atoms with Crippen molar-refractivity contribution in [2.24, 2.45) is 5.10 Å². The SMILES string of the molecule is COc1ccc(NC(=O)C(=O)N/N=C(/C)CC(=O)Nc2ccc3c(c2)OCO3)cc1. The molecule has 0 aromatic heterocycles. The Morgan fingerprint density at radius 3 is 2.40 bits per heavy atom. The van der Waals surface area contributed by atoms with Gasteiger partial charge in [0.1, 0.15) is 5.75 Å². The zero-order valence-electron chi connectivity index (χ0n) is 16.4. The lowest BCUT2D eigenvalue weighted by atomic mass is 10.2. The third-order valence-corrected chi connectivity index (χ3v) is 3.98. The van der Waals surface area contributed by atoms with Crippen molar-refractivity contribution in [3.63, 3.8) is 0 Å². The highest BCUT2D eigenvalue weighted by molar-refractivity contribution is 6.39. The summed E-state index contributed by atoms with van der Waals surface area (Å²) in [6.45, 7) is 1.70. The second kappa shape index (κ2) is 9.41. The van der Waals surface area contributed by atoms with Gasteiger partial charge in [0.2, 0.25) is 12.7 Å². The largest absolute Gasteiger partial charge is 0.497 e. The van der Waals surface area contributed by atoms with E-state index in [2.05, 4.69) is 21.2 Å². The maximum absolute atomic E-state index is 12.1. The zero-order valence-corrected chi connectivity index (χ0v) is 16.4. The van der Waals surface area contributed by atoms with Gasteiger partial charge >= 0.3 is 11.8 Å². The van der Waals surface area contributed by atoms with Crippen LogP contribution in [0, 0.1) is 0 Å². The number of nitrogens with one attached hydrogen (secondary N) is 3. The summed E-state index contributed by atoms with van der Waals surface area (Å²) in [7, 11) is 1.52. The first-order chi connectivity index (χ1) is 14.4. The number of carbonyl (C=O) groups excluding carboxylic acids is 3. The molecule has 0 radical (unpaired) electrons. The van der Waals surface area contributed by atoms with Crippen LogP contribution in [0.1, 0.15) is 13.3 Å². The Morgan fingerprint density at radius 2 is 1.67 bits per heavy atom. The number of carbonyl (C=O) groups is 3. The molecule has 0 saturated heterocycles. The van der Waals surface area contributed by atoms with Gasteiger partial charge in [0.25, 0.3) is 0 Å². The number of ether oxygens (including phenoxy) is 3. The number of amides is 3. The van der Waals surface area contributed by atoms with Crippen molar-refractivity contribution in [3.05, 3.63) is 42.5 Å². The minimum atomic E-state index is -0.957. The number of nitrogens with zero attached hydrogens (tertiary/aromatic N) is 1. The molecule has 0 aliphatic carbocycles. The minimum absolute atomic E-state index is 0.0746. The molecule has 0 unspecified atom stereocenters. The predicted molar refractivity (Wildman–Crippen MR) is 109 cm³/mol. The fourth-order valence-corrected chi connectivity index (χ4v) is 2.51. The smallest absolute Gasteiger partial charge is 0.329 e. The van der Waals surface area contributed by atoms with Crippen molar-refractivity contribution in [2.75, 3.05) is 24.5 Å². The van der Waals surface area contributed by atoms with Gasteiger partial charge in [-0.3, -0.25) is 14.4 Å². The summed E-state index contributed by atoms with van der Waals surface area (Å²) in [6, 6.07) is 11.5. The van der Waals surface area contributed by atoms with Crippen LogP contribution in [0.4, 0.5) is 11.4 Å². The standard InChI is InChI=1S/C20H20N4O6/c1-12(9-18(25)21-14-5-8-16-17(10-14)30-11-29-16)23-24-20(27)19(26)22-13-3-6-15(28-2)7-4-13/h3-8,10H,9,11H2,1-2H3,(H,21,25)(H,22,26)(H,24,27)/b23-12-. The molecule has 1 heterocycles. The number of anilines is 2. The van der Waals surface area contributed by atoms with E-state index < -0.39 is 11.8 Å². The first-order valence-corrected chi connectivity index (χ1v) is 8.92. The zero-order chi connectivity index (χ0) is 21.5. The molecular formula is C20H20N4O6. The van der Waals surface area contributed by atoms with Crippen molar-refractivity contribution in [1.29, 1.82) is 0 Å². The molecule has 30 heavy (non-hydrogen) atoms. The first kappa shape index (κ1) is 20.6. The number of hydrogen-bond donors (Lipinski definition) is 3. The van der Waals surface area contributed by atoms with Crippen LogP contribution >= 0.6 is 0 Å². The normalized spacial score (nSPS) is 12.1. The summed E-state index contributed by atoms with van der Waals surface area (Å²) < 4.78 is 15.5. The molecule has 0 spiro atoms. The summed E-state index contributed by atoms with van der Waals surface area (Å²) >= 11 is 0. The molecule has 10 nitrogen and oxygen atoms in total. The van der Waals surface area contributed by atoms with Crippen LogP contribution in [0.2, 0.25) is 0 Å². The highest BCUT2D eigenvalue weighted by Gasteiger charge is 2.15. The van der Waals surface area contributed by atoms with Crippen molar-refractivity contribution < 1.29 is 28.6 Å². The molecule has 1 aliphatic rings. The van der Waals surface area contributed by atoms with E-state index in [9.17, 15) is 14.4 Å². The lowest BCUT2D eigenvalue weighted by Gasteiger charge is -2.07. The molecule has 0 bridgehead atoms. The average Bonchev–Trinajstić information content (AvgIpc) is 3.20. The second-order valence-corrected chi connectivity index (χ2v) is 6.26. The van der Waals surface area contributed by atoms with Crippen molar-refractivity contribution in [1.82, 2.24) is 5.43 Å². The molecule has 3 N–H and O–H groups in total. The van der Waals surface area contributed by atoms with E-state index in [1.54, 1.807) is 49.4 Å². The number of benzene rings is 2. The first-order valence-electron chi connectivity index (χ1n) is 8.92. The van der Waals surface area contributed by atoms with E-state index in [-0.39, 0.29) is 19.1 Å². The molecule has 3 amide bonds. The highest BCUT2D eigenvalue weighted by Crippen LogP contribution is 2.34. The Labute approximate surface area is 172 Å². The number of hydrazone groups is 1. The number of rotatable bonds is 6. The lowest BCUT2D eigenvalue weighted by molar-refractivity contribution is -0.136. The van der Waals surface area contributed by atoms with Crippen LogP contribution in [0.25, 0.3) is 0 Å². The summed E-state index contributed by atoms with van der Waals surface area (Å²) in [5.41, 5.74) is 3.41. The van der Waals surface area contributed by atoms with Crippen LogP contribution in [-0.2, 0) is 14.4 Å². The van der Waals surface area contributed by atoms with Gasteiger partial charge in [-0.05, 0) is 43.3 Å². The third-order valence-electron chi connectivity index (χ3n) is 3.98. The van der Waals surface area contributed by atoms with Gasteiger partial charge in [-0.15, -0.1) is 0 Å². The Hall–Kier alpha value is -4.08. The van der Waals surface area contributed by atoms with Crippen molar-refractivity contribution in [3.8, 4) is 17.2 Å². The Bertz CT molecular complexity index is 987. The molecule has 2 aromatic carbocycles. The minimum Gasteiger partial charge on any atom is -0.497 e. The molecule has 0 atom stereocenters. The van der Waals surface area contributed by atoms with Gasteiger partial charge in [0.05, 0.1) is 13.5 Å². The Kier molecular flexibility index (Phi) is 6.48.